The second kappa shape index (κ2) is 12.0. The molecule has 0 aliphatic rings. The second-order valence-corrected chi connectivity index (χ2v) is 9.27. The van der Waals surface area contributed by atoms with Gasteiger partial charge in [-0.15, -0.1) is 0 Å². The Kier molecular flexibility index (Phi) is 8.53. The fourth-order valence-electron chi connectivity index (χ4n) is 4.18. The zero-order chi connectivity index (χ0) is 27.2. The molecule has 0 N–H and O–H groups in total. The SMILES string of the molecule is CCCCCn1c(=NC(=O)/C=C/c2ccc(Cl)cc2)c(C(=O)OCC)cc2c(=O)n3cccc(C)c3nc21. The Morgan fingerprint density at radius 2 is 1.87 bits per heavy atom. The zero-order valence-corrected chi connectivity index (χ0v) is 22.4. The summed E-state index contributed by atoms with van der Waals surface area (Å²) >= 11 is 5.94. The van der Waals surface area contributed by atoms with E-state index in [0.29, 0.717) is 22.9 Å². The van der Waals surface area contributed by atoms with Crippen molar-refractivity contribution in [3.63, 3.8) is 0 Å². The molecule has 3 heterocycles. The maximum atomic E-state index is 13.5. The summed E-state index contributed by atoms with van der Waals surface area (Å²) in [6, 6.07) is 12.1. The van der Waals surface area contributed by atoms with E-state index in [-0.39, 0.29) is 28.6 Å². The van der Waals surface area contributed by atoms with Crippen molar-refractivity contribution in [2.75, 3.05) is 6.61 Å². The maximum Gasteiger partial charge on any atom is 0.341 e. The zero-order valence-electron chi connectivity index (χ0n) is 21.6. The molecular weight excluding hydrogens is 504 g/mol. The topological polar surface area (TPSA) is 95.0 Å². The molecule has 3 aromatic heterocycles. The van der Waals surface area contributed by atoms with Crippen LogP contribution in [-0.4, -0.2) is 32.4 Å². The van der Waals surface area contributed by atoms with Gasteiger partial charge < -0.3 is 9.30 Å². The van der Waals surface area contributed by atoms with Crippen molar-refractivity contribution >= 4 is 46.2 Å². The number of hydrogen-bond acceptors (Lipinski definition) is 5. The molecule has 1 aromatic carbocycles. The number of fused-ring (bicyclic) bond motifs is 2. The Balaban J connectivity index is 2.00. The van der Waals surface area contributed by atoms with E-state index in [1.165, 1.54) is 16.5 Å². The number of nitrogens with zero attached hydrogens (tertiary/aromatic N) is 4. The second-order valence-electron chi connectivity index (χ2n) is 8.83. The molecule has 0 aliphatic carbocycles. The monoisotopic (exact) mass is 532 g/mol. The van der Waals surface area contributed by atoms with Crippen molar-refractivity contribution in [1.29, 1.82) is 0 Å². The van der Waals surface area contributed by atoms with E-state index >= 15 is 0 Å². The number of ether oxygens (including phenoxy) is 1. The number of halogens is 1. The lowest BCUT2D eigenvalue weighted by atomic mass is 10.2. The van der Waals surface area contributed by atoms with Gasteiger partial charge in [0.25, 0.3) is 11.5 Å². The van der Waals surface area contributed by atoms with Gasteiger partial charge in [-0.3, -0.25) is 14.0 Å². The highest BCUT2D eigenvalue weighted by Gasteiger charge is 2.20. The molecule has 1 amide bonds. The lowest BCUT2D eigenvalue weighted by molar-refractivity contribution is -0.113. The van der Waals surface area contributed by atoms with Gasteiger partial charge in [0, 0.05) is 23.8 Å². The van der Waals surface area contributed by atoms with E-state index in [1.807, 2.05) is 13.0 Å². The van der Waals surface area contributed by atoms with Crippen molar-refractivity contribution in [3.05, 3.63) is 92.3 Å². The molecule has 0 fully saturated rings. The Bertz CT molecular complexity index is 1670. The van der Waals surface area contributed by atoms with Crippen molar-refractivity contribution in [1.82, 2.24) is 14.0 Å². The number of pyridine rings is 2. The number of carbonyl (C=O) groups excluding carboxylic acids is 2. The molecule has 0 unspecified atom stereocenters. The number of hydrogen-bond donors (Lipinski definition) is 0. The standard InChI is InChI=1S/C29H29ClN4O4/c1-4-6-7-16-33-26-22(28(36)34-17-8-9-19(3)25(34)32-26)18-23(29(37)38-5-2)27(33)31-24(35)15-12-20-10-13-21(30)14-11-20/h8-15,17-18H,4-7,16H2,1-3H3/b15-12+,31-27?. The molecule has 9 heteroatoms. The minimum Gasteiger partial charge on any atom is -0.462 e. The number of rotatable bonds is 8. The van der Waals surface area contributed by atoms with Gasteiger partial charge in [0.1, 0.15) is 16.9 Å². The van der Waals surface area contributed by atoms with Gasteiger partial charge in [0.15, 0.2) is 5.49 Å². The molecule has 196 valence electrons. The summed E-state index contributed by atoms with van der Waals surface area (Å²) in [6.45, 7) is 6.19. The average Bonchev–Trinajstić information content (AvgIpc) is 2.90. The first-order valence-corrected chi connectivity index (χ1v) is 13.0. The van der Waals surface area contributed by atoms with E-state index in [0.717, 1.165) is 30.4 Å². The van der Waals surface area contributed by atoms with Crippen molar-refractivity contribution in [3.8, 4) is 0 Å². The molecule has 0 saturated carbocycles. The molecule has 4 rings (SSSR count). The summed E-state index contributed by atoms with van der Waals surface area (Å²) in [4.78, 5) is 48.7. The number of unbranched alkanes of at least 4 members (excludes halogenated alkanes) is 2. The van der Waals surface area contributed by atoms with Crippen molar-refractivity contribution < 1.29 is 14.3 Å². The van der Waals surface area contributed by atoms with Gasteiger partial charge in [-0.05, 0) is 61.7 Å². The largest absolute Gasteiger partial charge is 0.462 e. The third-order valence-corrected chi connectivity index (χ3v) is 6.34. The van der Waals surface area contributed by atoms with Crippen LogP contribution in [0.15, 0.2) is 64.5 Å². The molecule has 0 spiro atoms. The molecule has 0 bridgehead atoms. The van der Waals surface area contributed by atoms with Crippen LogP contribution in [-0.2, 0) is 16.1 Å². The summed E-state index contributed by atoms with van der Waals surface area (Å²) in [5.41, 5.74) is 2.29. The third-order valence-electron chi connectivity index (χ3n) is 6.09. The first-order valence-electron chi connectivity index (χ1n) is 12.6. The summed E-state index contributed by atoms with van der Waals surface area (Å²) in [7, 11) is 0. The fourth-order valence-corrected chi connectivity index (χ4v) is 4.31. The number of benzene rings is 1. The summed E-state index contributed by atoms with van der Waals surface area (Å²) in [5.74, 6) is -1.23. The van der Waals surface area contributed by atoms with Crippen LogP contribution in [0.2, 0.25) is 5.02 Å². The van der Waals surface area contributed by atoms with E-state index in [2.05, 4.69) is 11.9 Å². The van der Waals surface area contributed by atoms with Crippen LogP contribution in [0.1, 0.15) is 54.6 Å². The highest BCUT2D eigenvalue weighted by atomic mass is 35.5. The van der Waals surface area contributed by atoms with Crippen LogP contribution in [0.25, 0.3) is 22.8 Å². The van der Waals surface area contributed by atoms with Crippen molar-refractivity contribution in [2.24, 2.45) is 4.99 Å². The first-order chi connectivity index (χ1) is 18.3. The normalized spacial score (nSPS) is 12.1. The number of amides is 1. The number of carbonyl (C=O) groups is 2. The fraction of sp³-hybridized carbons (Fsp3) is 0.276. The van der Waals surface area contributed by atoms with Crippen LogP contribution in [0.3, 0.4) is 0 Å². The Morgan fingerprint density at radius 1 is 1.11 bits per heavy atom. The first kappa shape index (κ1) is 27.0. The minimum atomic E-state index is -0.666. The number of aromatic nitrogens is 3. The van der Waals surface area contributed by atoms with Crippen LogP contribution in [0.5, 0.6) is 0 Å². The predicted molar refractivity (Wildman–Crippen MR) is 148 cm³/mol. The quantitative estimate of drug-likeness (QED) is 0.136. The highest BCUT2D eigenvalue weighted by Crippen LogP contribution is 2.15. The van der Waals surface area contributed by atoms with Crippen LogP contribution >= 0.6 is 11.6 Å². The van der Waals surface area contributed by atoms with Crippen LogP contribution < -0.4 is 11.0 Å². The third kappa shape index (κ3) is 5.75. The molecule has 8 nitrogen and oxygen atoms in total. The lowest BCUT2D eigenvalue weighted by Gasteiger charge is -2.15. The minimum absolute atomic E-state index is 0.0376. The van der Waals surface area contributed by atoms with E-state index in [1.54, 1.807) is 54.1 Å². The van der Waals surface area contributed by atoms with E-state index < -0.39 is 11.9 Å². The van der Waals surface area contributed by atoms with E-state index in [9.17, 15) is 14.4 Å². The number of esters is 1. The van der Waals surface area contributed by atoms with Gasteiger partial charge >= 0.3 is 5.97 Å². The van der Waals surface area contributed by atoms with Crippen LogP contribution in [0.4, 0.5) is 0 Å². The van der Waals surface area contributed by atoms with E-state index in [4.69, 9.17) is 21.3 Å². The summed E-state index contributed by atoms with van der Waals surface area (Å²) < 4.78 is 8.44. The highest BCUT2D eigenvalue weighted by molar-refractivity contribution is 6.30. The average molecular weight is 533 g/mol. The Labute approximate surface area is 224 Å². The summed E-state index contributed by atoms with van der Waals surface area (Å²) in [5, 5.41) is 0.837. The molecular formula is C29H29ClN4O4. The maximum absolute atomic E-state index is 13.5. The lowest BCUT2D eigenvalue weighted by Crippen LogP contribution is -2.32. The smallest absolute Gasteiger partial charge is 0.341 e. The van der Waals surface area contributed by atoms with Gasteiger partial charge in [-0.1, -0.05) is 49.6 Å². The summed E-state index contributed by atoms with van der Waals surface area (Å²) in [6.07, 6.45) is 7.21. The van der Waals surface area contributed by atoms with Gasteiger partial charge in [-0.25, -0.2) is 9.78 Å². The molecule has 4 aromatic rings. The molecule has 0 atom stereocenters. The molecule has 38 heavy (non-hydrogen) atoms. The van der Waals surface area contributed by atoms with Crippen molar-refractivity contribution in [2.45, 2.75) is 46.6 Å². The molecule has 0 radical (unpaired) electrons. The Hall–Kier alpha value is -4.04. The van der Waals surface area contributed by atoms with Gasteiger partial charge in [0.05, 0.1) is 12.0 Å². The molecule has 0 aliphatic heterocycles. The van der Waals surface area contributed by atoms with Gasteiger partial charge in [-0.2, -0.15) is 4.99 Å². The van der Waals surface area contributed by atoms with Crippen LogP contribution in [0, 0.1) is 6.92 Å². The predicted octanol–water partition coefficient (Wildman–Crippen LogP) is 5.12. The molecule has 0 saturated heterocycles. The van der Waals surface area contributed by atoms with Gasteiger partial charge in [0.2, 0.25) is 0 Å². The number of aryl methyl sites for hydroxylation is 2. The Morgan fingerprint density at radius 3 is 2.58 bits per heavy atom.